The highest BCUT2D eigenvalue weighted by atomic mass is 32.1. The molecule has 0 aromatic rings. The van der Waals surface area contributed by atoms with E-state index in [-0.39, 0.29) is 5.57 Å². The lowest BCUT2D eigenvalue weighted by Crippen LogP contribution is -1.89. The van der Waals surface area contributed by atoms with Gasteiger partial charge in [0.15, 0.2) is 0 Å². The van der Waals surface area contributed by atoms with Crippen LogP contribution in [0.2, 0.25) is 0 Å². The number of carboxylic acid groups (broad SMARTS) is 1. The van der Waals surface area contributed by atoms with Gasteiger partial charge < -0.3 is 5.11 Å². The second-order valence-corrected chi connectivity index (χ2v) is 1.34. The Bertz CT molecular complexity index is 144. The maximum Gasteiger partial charge on any atom is 0.328 e. The van der Waals surface area contributed by atoms with Crippen molar-refractivity contribution in [3.05, 3.63) is 11.6 Å². The third kappa shape index (κ3) is 10.2. The molecule has 0 saturated carbocycles. The summed E-state index contributed by atoms with van der Waals surface area (Å²) in [6, 6.07) is 0. The van der Waals surface area contributed by atoms with E-state index in [0.717, 1.165) is 6.08 Å². The zero-order chi connectivity index (χ0) is 8.57. The minimum absolute atomic E-state index is 0.220. The number of aliphatic carboxylic acids is 1. The van der Waals surface area contributed by atoms with Gasteiger partial charge in [-0.15, -0.1) is 12.8 Å². The van der Waals surface area contributed by atoms with Crippen LogP contribution in [-0.4, -0.2) is 17.4 Å². The molecule has 10 heavy (non-hydrogen) atoms. The fraction of sp³-hybridized carbons (Fsp3) is 0.200. The summed E-state index contributed by atoms with van der Waals surface area (Å²) >= 11 is 3.03. The Hall–Kier alpha value is -0.810. The molecule has 0 saturated heterocycles. The molecule has 0 radical (unpaired) electrons. The molecule has 0 atom stereocenters. The van der Waals surface area contributed by atoms with E-state index in [2.05, 4.69) is 18.0 Å². The van der Waals surface area contributed by atoms with Gasteiger partial charge in [0.1, 0.15) is 6.29 Å². The van der Waals surface area contributed by atoms with Crippen molar-refractivity contribution in [2.45, 2.75) is 6.92 Å². The molecule has 0 aliphatic heterocycles. The molecule has 0 fully saturated rings. The molecule has 0 aliphatic rings. The second-order valence-electron chi connectivity index (χ2n) is 1.34. The van der Waals surface area contributed by atoms with Crippen LogP contribution in [0.5, 0.6) is 0 Å². The smallest absolute Gasteiger partial charge is 0.328 e. The highest BCUT2D eigenvalue weighted by Gasteiger charge is 1.88. The molecule has 0 aromatic carbocycles. The summed E-state index contributed by atoms with van der Waals surface area (Å²) in [7, 11) is 0. The standard InChI is InChI=1S/C5H6O3.H3NS/c1-4(3-6)2-5(7)8;1-2/h2-3H,1H3,(H,7,8);2H,1H2/b4-2-;. The first-order valence-electron chi connectivity index (χ1n) is 2.29. The Morgan fingerprint density at radius 3 is 2.10 bits per heavy atom. The van der Waals surface area contributed by atoms with Crippen LogP contribution in [0.25, 0.3) is 0 Å². The highest BCUT2D eigenvalue weighted by molar-refractivity contribution is 7.77. The van der Waals surface area contributed by atoms with Crippen LogP contribution >= 0.6 is 12.8 Å². The number of aldehydes is 1. The molecule has 3 N–H and O–H groups in total. The van der Waals surface area contributed by atoms with Crippen molar-refractivity contribution >= 4 is 25.1 Å². The number of rotatable bonds is 2. The Balaban J connectivity index is 0. The minimum atomic E-state index is -1.09. The molecule has 0 bridgehead atoms. The minimum Gasteiger partial charge on any atom is -0.478 e. The van der Waals surface area contributed by atoms with Gasteiger partial charge in [0, 0.05) is 6.08 Å². The quantitative estimate of drug-likeness (QED) is 0.304. The zero-order valence-electron chi connectivity index (χ0n) is 5.44. The number of hydrogen-bond donors (Lipinski definition) is 3. The molecule has 0 spiro atoms. The zero-order valence-corrected chi connectivity index (χ0v) is 6.34. The number of thiol groups is 1. The van der Waals surface area contributed by atoms with E-state index in [1.165, 1.54) is 6.92 Å². The van der Waals surface area contributed by atoms with Crippen molar-refractivity contribution in [2.24, 2.45) is 5.14 Å². The molecule has 0 rings (SSSR count). The summed E-state index contributed by atoms with van der Waals surface area (Å²) in [4.78, 5) is 19.4. The van der Waals surface area contributed by atoms with Gasteiger partial charge in [-0.2, -0.15) is 0 Å². The lowest BCUT2D eigenvalue weighted by molar-refractivity contribution is -0.131. The predicted octanol–water partition coefficient (Wildman–Crippen LogP) is 0.00610. The monoisotopic (exact) mass is 163 g/mol. The summed E-state index contributed by atoms with van der Waals surface area (Å²) in [5.41, 5.74) is 0.220. The maximum atomic E-state index is 9.73. The maximum absolute atomic E-state index is 9.73. The molecule has 4 nitrogen and oxygen atoms in total. The molecular weight excluding hydrogens is 154 g/mol. The summed E-state index contributed by atoms with van der Waals surface area (Å²) in [6.07, 6.45) is 1.35. The van der Waals surface area contributed by atoms with Gasteiger partial charge >= 0.3 is 5.97 Å². The van der Waals surface area contributed by atoms with Crippen molar-refractivity contribution in [3.8, 4) is 0 Å². The van der Waals surface area contributed by atoms with Crippen molar-refractivity contribution in [2.75, 3.05) is 0 Å². The molecule has 0 amide bonds. The number of nitrogens with two attached hydrogens (primary N) is 1. The van der Waals surface area contributed by atoms with Crippen molar-refractivity contribution in [1.29, 1.82) is 0 Å². The fourth-order valence-electron chi connectivity index (χ4n) is 0.229. The summed E-state index contributed by atoms with van der Waals surface area (Å²) in [5, 5.41) is 12.2. The first kappa shape index (κ1) is 11.9. The van der Waals surface area contributed by atoms with Gasteiger partial charge in [0.25, 0.3) is 0 Å². The Morgan fingerprint density at radius 1 is 1.60 bits per heavy atom. The average molecular weight is 163 g/mol. The van der Waals surface area contributed by atoms with Crippen LogP contribution in [0.4, 0.5) is 0 Å². The van der Waals surface area contributed by atoms with E-state index in [9.17, 15) is 9.59 Å². The molecule has 0 heterocycles. The third-order valence-corrected chi connectivity index (χ3v) is 0.537. The topological polar surface area (TPSA) is 80.4 Å². The normalized spacial score (nSPS) is 9.30. The molecule has 5 heteroatoms. The lowest BCUT2D eigenvalue weighted by Gasteiger charge is -1.79. The van der Waals surface area contributed by atoms with Crippen molar-refractivity contribution in [3.63, 3.8) is 0 Å². The Morgan fingerprint density at radius 2 is 2.00 bits per heavy atom. The first-order valence-corrected chi connectivity index (χ1v) is 2.80. The SMILES string of the molecule is C/C(C=O)=C/C(=O)O.NS. The van der Waals surface area contributed by atoms with Gasteiger partial charge in [-0.3, -0.25) is 9.93 Å². The van der Waals surface area contributed by atoms with Crippen molar-refractivity contribution < 1.29 is 14.7 Å². The summed E-state index contributed by atoms with van der Waals surface area (Å²) in [6.45, 7) is 1.43. The summed E-state index contributed by atoms with van der Waals surface area (Å²) < 4.78 is 0. The van der Waals surface area contributed by atoms with Gasteiger partial charge in [0.05, 0.1) is 0 Å². The Kier molecular flexibility index (Phi) is 9.77. The van der Waals surface area contributed by atoms with E-state index in [4.69, 9.17) is 5.11 Å². The van der Waals surface area contributed by atoms with E-state index in [0.29, 0.717) is 6.29 Å². The van der Waals surface area contributed by atoms with Crippen LogP contribution in [-0.2, 0) is 9.59 Å². The Labute approximate surface area is 64.3 Å². The van der Waals surface area contributed by atoms with E-state index < -0.39 is 5.97 Å². The number of hydrogen-bond acceptors (Lipinski definition) is 4. The molecular formula is C5H9NO3S. The predicted molar refractivity (Wildman–Crippen MR) is 40.6 cm³/mol. The number of carboxylic acids is 1. The molecule has 0 aromatic heterocycles. The average Bonchev–Trinajstić information content (AvgIpc) is 1.91. The van der Waals surface area contributed by atoms with Gasteiger partial charge in [-0.05, 0) is 12.5 Å². The van der Waals surface area contributed by atoms with Crippen molar-refractivity contribution in [1.82, 2.24) is 0 Å². The van der Waals surface area contributed by atoms with Crippen LogP contribution in [0.1, 0.15) is 6.92 Å². The lowest BCUT2D eigenvalue weighted by atomic mass is 10.3. The van der Waals surface area contributed by atoms with Crippen LogP contribution < -0.4 is 5.14 Å². The van der Waals surface area contributed by atoms with Gasteiger partial charge in [-0.1, -0.05) is 0 Å². The largest absolute Gasteiger partial charge is 0.478 e. The molecule has 0 unspecified atom stereocenters. The number of carbonyl (C=O) groups is 2. The van der Waals surface area contributed by atoms with Crippen LogP contribution in [0, 0.1) is 0 Å². The molecule has 58 valence electrons. The van der Waals surface area contributed by atoms with Gasteiger partial charge in [0.2, 0.25) is 0 Å². The number of carbonyl (C=O) groups excluding carboxylic acids is 1. The highest BCUT2D eigenvalue weighted by Crippen LogP contribution is 1.83. The van der Waals surface area contributed by atoms with Crippen LogP contribution in [0.3, 0.4) is 0 Å². The van der Waals surface area contributed by atoms with E-state index >= 15 is 0 Å². The number of allylic oxidation sites excluding steroid dienone is 1. The van der Waals surface area contributed by atoms with Crippen LogP contribution in [0.15, 0.2) is 11.6 Å². The van der Waals surface area contributed by atoms with Gasteiger partial charge in [-0.25, -0.2) is 4.79 Å². The third-order valence-electron chi connectivity index (χ3n) is 0.537. The van der Waals surface area contributed by atoms with E-state index in [1.807, 2.05) is 0 Å². The first-order chi connectivity index (χ1) is 4.66. The van der Waals surface area contributed by atoms with E-state index in [1.54, 1.807) is 0 Å². The second kappa shape index (κ2) is 8.19. The molecule has 0 aliphatic carbocycles. The summed E-state index contributed by atoms with van der Waals surface area (Å²) in [5.74, 6) is -1.09. The fourth-order valence-corrected chi connectivity index (χ4v) is 0.229.